The number of amides is 1. The molecule has 1 fully saturated rings. The molecule has 0 N–H and O–H groups in total. The summed E-state index contributed by atoms with van der Waals surface area (Å²) < 4.78 is 17.7. The number of carbonyl (C=O) groups is 1. The molecule has 1 aromatic heterocycles. The molecule has 0 bridgehead atoms. The standard InChI is InChI=1S/C26H31FN6O3S/c1-3-19(2)32(26-28-24(29-37-26)18-20-4-6-21(27)7-5-20)13-12-25(34)31-16-14-30(15-17-31)22-8-10-23(11-9-22)33(35)36/h4-11,19H,3,12-18H2,1-2H3. The molecule has 3 aromatic rings. The van der Waals surface area contributed by atoms with Gasteiger partial charge in [-0.3, -0.25) is 14.9 Å². The number of rotatable bonds is 10. The van der Waals surface area contributed by atoms with Crippen LogP contribution in [-0.2, 0) is 11.2 Å². The van der Waals surface area contributed by atoms with Crippen LogP contribution in [0.1, 0.15) is 38.1 Å². The van der Waals surface area contributed by atoms with E-state index in [-0.39, 0.29) is 23.5 Å². The number of hydrogen-bond acceptors (Lipinski definition) is 8. The van der Waals surface area contributed by atoms with Crippen LogP contribution >= 0.6 is 11.5 Å². The van der Waals surface area contributed by atoms with Crippen LogP contribution in [0.4, 0.5) is 20.9 Å². The minimum absolute atomic E-state index is 0.0708. The van der Waals surface area contributed by atoms with Crippen molar-refractivity contribution in [3.05, 3.63) is 75.9 Å². The Morgan fingerprint density at radius 2 is 1.81 bits per heavy atom. The minimum Gasteiger partial charge on any atom is -0.368 e. The maximum atomic E-state index is 13.2. The topological polar surface area (TPSA) is 95.7 Å². The summed E-state index contributed by atoms with van der Waals surface area (Å²) in [4.78, 5) is 34.4. The monoisotopic (exact) mass is 526 g/mol. The van der Waals surface area contributed by atoms with E-state index in [4.69, 9.17) is 4.98 Å². The van der Waals surface area contributed by atoms with Crippen LogP contribution < -0.4 is 9.80 Å². The molecule has 9 nitrogen and oxygen atoms in total. The van der Waals surface area contributed by atoms with Gasteiger partial charge in [0.2, 0.25) is 11.0 Å². The van der Waals surface area contributed by atoms with E-state index in [1.54, 1.807) is 24.3 Å². The summed E-state index contributed by atoms with van der Waals surface area (Å²) in [5, 5.41) is 11.7. The number of aromatic nitrogens is 2. The molecular weight excluding hydrogens is 495 g/mol. The van der Waals surface area contributed by atoms with E-state index in [0.717, 1.165) is 22.8 Å². The normalized spacial score (nSPS) is 14.5. The molecule has 11 heteroatoms. The molecule has 1 aliphatic rings. The highest BCUT2D eigenvalue weighted by atomic mass is 32.1. The van der Waals surface area contributed by atoms with E-state index in [1.165, 1.54) is 35.8 Å². The second-order valence-corrected chi connectivity index (χ2v) is 9.87. The lowest BCUT2D eigenvalue weighted by Gasteiger charge is -2.36. The van der Waals surface area contributed by atoms with Gasteiger partial charge in [-0.25, -0.2) is 9.37 Å². The van der Waals surface area contributed by atoms with Crippen LogP contribution in [0.3, 0.4) is 0 Å². The maximum absolute atomic E-state index is 13.2. The zero-order valence-electron chi connectivity index (χ0n) is 21.0. The van der Waals surface area contributed by atoms with E-state index >= 15 is 0 Å². The van der Waals surface area contributed by atoms with Gasteiger partial charge in [-0.2, -0.15) is 4.37 Å². The molecule has 1 saturated heterocycles. The highest BCUT2D eigenvalue weighted by Crippen LogP contribution is 2.24. The van der Waals surface area contributed by atoms with Gasteiger partial charge in [-0.05, 0) is 43.2 Å². The van der Waals surface area contributed by atoms with Gasteiger partial charge < -0.3 is 14.7 Å². The summed E-state index contributed by atoms with van der Waals surface area (Å²) in [7, 11) is 0. The van der Waals surface area contributed by atoms with E-state index in [0.29, 0.717) is 51.4 Å². The number of nitro benzene ring substituents is 1. The smallest absolute Gasteiger partial charge is 0.269 e. The van der Waals surface area contributed by atoms with Crippen LogP contribution in [0, 0.1) is 15.9 Å². The van der Waals surface area contributed by atoms with Crippen molar-refractivity contribution in [2.75, 3.05) is 42.5 Å². The number of piperazine rings is 1. The highest BCUT2D eigenvalue weighted by Gasteiger charge is 2.24. The molecule has 1 unspecified atom stereocenters. The fraction of sp³-hybridized carbons (Fsp3) is 0.423. The van der Waals surface area contributed by atoms with Crippen molar-refractivity contribution in [3.63, 3.8) is 0 Å². The number of nitro groups is 1. The lowest BCUT2D eigenvalue weighted by molar-refractivity contribution is -0.384. The molecule has 0 radical (unpaired) electrons. The summed E-state index contributed by atoms with van der Waals surface area (Å²) in [5.74, 6) is 0.525. The lowest BCUT2D eigenvalue weighted by Crippen LogP contribution is -2.49. The highest BCUT2D eigenvalue weighted by molar-refractivity contribution is 7.09. The van der Waals surface area contributed by atoms with Gasteiger partial charge in [0.15, 0.2) is 0 Å². The van der Waals surface area contributed by atoms with Crippen molar-refractivity contribution in [1.82, 2.24) is 14.3 Å². The Bertz CT molecular complexity index is 1200. The number of halogens is 1. The zero-order chi connectivity index (χ0) is 26.4. The van der Waals surface area contributed by atoms with Gasteiger partial charge in [0.05, 0.1) is 4.92 Å². The Balaban J connectivity index is 1.31. The van der Waals surface area contributed by atoms with Crippen molar-refractivity contribution in [1.29, 1.82) is 0 Å². The Labute approximate surface area is 219 Å². The largest absolute Gasteiger partial charge is 0.368 e. The third-order valence-corrected chi connectivity index (χ3v) is 7.52. The van der Waals surface area contributed by atoms with Gasteiger partial charge in [0.1, 0.15) is 11.6 Å². The van der Waals surface area contributed by atoms with Gasteiger partial charge in [-0.15, -0.1) is 0 Å². The number of nitrogens with zero attached hydrogens (tertiary/aromatic N) is 6. The first kappa shape index (κ1) is 26.5. The SMILES string of the molecule is CCC(C)N(CCC(=O)N1CCN(c2ccc([N+](=O)[O-])cc2)CC1)c1nc(Cc2ccc(F)cc2)ns1. The number of benzene rings is 2. The van der Waals surface area contributed by atoms with Crippen LogP contribution in [0.2, 0.25) is 0 Å². The predicted octanol–water partition coefficient (Wildman–Crippen LogP) is 4.52. The van der Waals surface area contributed by atoms with Crippen molar-refractivity contribution in [3.8, 4) is 0 Å². The first-order valence-corrected chi connectivity index (χ1v) is 13.2. The van der Waals surface area contributed by atoms with Crippen molar-refractivity contribution in [2.24, 2.45) is 0 Å². The van der Waals surface area contributed by atoms with E-state index in [2.05, 4.69) is 28.0 Å². The summed E-state index contributed by atoms with van der Waals surface area (Å²) in [5.41, 5.74) is 1.94. The Morgan fingerprint density at radius 3 is 2.43 bits per heavy atom. The summed E-state index contributed by atoms with van der Waals surface area (Å²) in [6, 6.07) is 13.1. The molecule has 0 saturated carbocycles. The number of carbonyl (C=O) groups excluding carboxylic acids is 1. The molecule has 1 atom stereocenters. The summed E-state index contributed by atoms with van der Waals surface area (Å²) >= 11 is 1.33. The van der Waals surface area contributed by atoms with Crippen molar-refractivity contribution < 1.29 is 14.1 Å². The molecule has 2 heterocycles. The summed E-state index contributed by atoms with van der Waals surface area (Å²) in [6.45, 7) is 7.37. The first-order valence-electron chi connectivity index (χ1n) is 12.4. The average molecular weight is 527 g/mol. The second-order valence-electron chi connectivity index (χ2n) is 9.14. The number of hydrogen-bond donors (Lipinski definition) is 0. The maximum Gasteiger partial charge on any atom is 0.269 e. The summed E-state index contributed by atoms with van der Waals surface area (Å²) in [6.07, 6.45) is 1.83. The van der Waals surface area contributed by atoms with Gasteiger partial charge in [0, 0.05) is 81.0 Å². The Hall–Kier alpha value is -3.60. The molecule has 1 aliphatic heterocycles. The predicted molar refractivity (Wildman–Crippen MR) is 143 cm³/mol. The van der Waals surface area contributed by atoms with E-state index < -0.39 is 4.92 Å². The van der Waals surface area contributed by atoms with Crippen molar-refractivity contribution in [2.45, 2.75) is 39.2 Å². The molecule has 196 valence electrons. The van der Waals surface area contributed by atoms with Crippen LogP contribution in [0.5, 0.6) is 0 Å². The quantitative estimate of drug-likeness (QED) is 0.283. The second kappa shape index (κ2) is 12.1. The van der Waals surface area contributed by atoms with Crippen LogP contribution in [-0.4, -0.2) is 63.9 Å². The zero-order valence-corrected chi connectivity index (χ0v) is 21.9. The third kappa shape index (κ3) is 6.79. The van der Waals surface area contributed by atoms with Crippen LogP contribution in [0.25, 0.3) is 0 Å². The van der Waals surface area contributed by atoms with Crippen LogP contribution in [0.15, 0.2) is 48.5 Å². The van der Waals surface area contributed by atoms with Gasteiger partial charge >= 0.3 is 0 Å². The third-order valence-electron chi connectivity index (χ3n) is 6.73. The lowest BCUT2D eigenvalue weighted by atomic mass is 10.1. The first-order chi connectivity index (χ1) is 17.8. The van der Waals surface area contributed by atoms with Crippen molar-refractivity contribution >= 4 is 33.9 Å². The number of anilines is 2. The molecule has 1 amide bonds. The number of non-ortho nitro benzene ring substituents is 1. The minimum atomic E-state index is -0.406. The fourth-order valence-corrected chi connectivity index (χ4v) is 5.13. The molecular formula is C26H31FN6O3S. The molecule has 37 heavy (non-hydrogen) atoms. The molecule has 4 rings (SSSR count). The Kier molecular flexibility index (Phi) is 8.65. The Morgan fingerprint density at radius 1 is 1.14 bits per heavy atom. The van der Waals surface area contributed by atoms with Gasteiger partial charge in [0.25, 0.3) is 5.69 Å². The molecule has 0 spiro atoms. The van der Waals surface area contributed by atoms with Gasteiger partial charge in [-0.1, -0.05) is 19.1 Å². The van der Waals surface area contributed by atoms with E-state index in [9.17, 15) is 19.3 Å². The molecule has 2 aromatic carbocycles. The molecule has 0 aliphatic carbocycles. The fourth-order valence-electron chi connectivity index (χ4n) is 4.32. The van der Waals surface area contributed by atoms with E-state index in [1.807, 2.05) is 4.90 Å². The average Bonchev–Trinajstić information content (AvgIpc) is 3.38.